The van der Waals surface area contributed by atoms with Gasteiger partial charge in [-0.1, -0.05) is 32.9 Å². The van der Waals surface area contributed by atoms with Gasteiger partial charge in [-0.25, -0.2) is 0 Å². The number of ether oxygens (including phenoxy) is 3. The van der Waals surface area contributed by atoms with Crippen molar-refractivity contribution >= 4 is 0 Å². The summed E-state index contributed by atoms with van der Waals surface area (Å²) in [4.78, 5) is 0. The number of allylic oxidation sites excluding steroid dienone is 1. The third-order valence-corrected chi connectivity index (χ3v) is 5.76. The number of hydrogen-bond acceptors (Lipinski definition) is 6. The third-order valence-electron chi connectivity index (χ3n) is 5.76. The van der Waals surface area contributed by atoms with Crippen molar-refractivity contribution in [2.75, 3.05) is 20.3 Å². The van der Waals surface area contributed by atoms with Gasteiger partial charge in [0.25, 0.3) is 0 Å². The summed E-state index contributed by atoms with van der Waals surface area (Å²) in [7, 11) is 1.53. The van der Waals surface area contributed by atoms with Crippen LogP contribution in [0.2, 0.25) is 0 Å². The molecule has 1 rings (SSSR count). The van der Waals surface area contributed by atoms with Gasteiger partial charge in [0.15, 0.2) is 5.79 Å². The molecule has 6 nitrogen and oxygen atoms in total. The number of aliphatic hydroxyl groups excluding tert-OH is 2. The molecule has 7 atom stereocenters. The van der Waals surface area contributed by atoms with E-state index in [-0.39, 0.29) is 30.7 Å². The molecule has 0 aromatic heterocycles. The van der Waals surface area contributed by atoms with E-state index in [0.29, 0.717) is 25.9 Å². The zero-order valence-electron chi connectivity index (χ0n) is 17.9. The van der Waals surface area contributed by atoms with E-state index < -0.39 is 17.5 Å². The van der Waals surface area contributed by atoms with Gasteiger partial charge in [-0.05, 0) is 44.9 Å². The highest BCUT2D eigenvalue weighted by atomic mass is 16.7. The van der Waals surface area contributed by atoms with Crippen molar-refractivity contribution in [2.24, 2.45) is 11.8 Å². The van der Waals surface area contributed by atoms with Crippen molar-refractivity contribution in [1.82, 2.24) is 0 Å². The van der Waals surface area contributed by atoms with Crippen molar-refractivity contribution in [3.8, 4) is 0 Å². The first-order chi connectivity index (χ1) is 12.6. The number of rotatable bonds is 11. The van der Waals surface area contributed by atoms with Crippen LogP contribution >= 0.6 is 0 Å². The van der Waals surface area contributed by atoms with E-state index in [1.807, 2.05) is 26.8 Å². The van der Waals surface area contributed by atoms with Crippen LogP contribution in [0.15, 0.2) is 12.2 Å². The minimum Gasteiger partial charge on any atom is -0.396 e. The zero-order chi connectivity index (χ0) is 20.7. The van der Waals surface area contributed by atoms with E-state index in [1.54, 1.807) is 13.0 Å². The highest BCUT2D eigenvalue weighted by molar-refractivity contribution is 4.99. The molecule has 0 radical (unpaired) electrons. The molecule has 1 aliphatic heterocycles. The van der Waals surface area contributed by atoms with Gasteiger partial charge in [0.2, 0.25) is 0 Å². The van der Waals surface area contributed by atoms with E-state index in [1.165, 1.54) is 7.11 Å². The number of aliphatic hydroxyl groups is 3. The predicted molar refractivity (Wildman–Crippen MR) is 105 cm³/mol. The fraction of sp³-hybridized carbons (Fsp3) is 0.905. The van der Waals surface area contributed by atoms with Crippen molar-refractivity contribution in [1.29, 1.82) is 0 Å². The first kappa shape index (κ1) is 24.5. The van der Waals surface area contributed by atoms with Crippen molar-refractivity contribution in [3.63, 3.8) is 0 Å². The van der Waals surface area contributed by atoms with Gasteiger partial charge in [-0.2, -0.15) is 0 Å². The Kier molecular flexibility index (Phi) is 9.89. The Morgan fingerprint density at radius 1 is 1.33 bits per heavy atom. The first-order valence-corrected chi connectivity index (χ1v) is 10.1. The van der Waals surface area contributed by atoms with Crippen molar-refractivity contribution in [3.05, 3.63) is 12.2 Å². The highest BCUT2D eigenvalue weighted by Crippen LogP contribution is 2.30. The van der Waals surface area contributed by atoms with Gasteiger partial charge in [0.1, 0.15) is 6.10 Å². The number of hydrogen-bond donors (Lipinski definition) is 3. The van der Waals surface area contributed by atoms with E-state index in [9.17, 15) is 15.3 Å². The lowest BCUT2D eigenvalue weighted by molar-refractivity contribution is -0.280. The molecule has 0 amide bonds. The van der Waals surface area contributed by atoms with E-state index in [0.717, 1.165) is 6.42 Å². The molecule has 0 aromatic rings. The van der Waals surface area contributed by atoms with Crippen LogP contribution in [0.4, 0.5) is 0 Å². The topological polar surface area (TPSA) is 88.4 Å². The summed E-state index contributed by atoms with van der Waals surface area (Å²) in [5.74, 6) is -0.678. The molecule has 3 N–H and O–H groups in total. The van der Waals surface area contributed by atoms with E-state index in [2.05, 4.69) is 6.92 Å². The van der Waals surface area contributed by atoms with Gasteiger partial charge in [-0.15, -0.1) is 0 Å². The molecule has 1 fully saturated rings. The molecule has 0 bridgehead atoms. The molecule has 27 heavy (non-hydrogen) atoms. The molecule has 1 saturated heterocycles. The van der Waals surface area contributed by atoms with Crippen LogP contribution in [-0.2, 0) is 14.2 Å². The lowest BCUT2D eigenvalue weighted by Gasteiger charge is -2.41. The molecule has 0 aromatic carbocycles. The maximum absolute atomic E-state index is 10.7. The second-order valence-electron chi connectivity index (χ2n) is 8.31. The first-order valence-electron chi connectivity index (χ1n) is 10.1. The molecule has 160 valence electrons. The Bertz CT molecular complexity index is 446. The second-order valence-corrected chi connectivity index (χ2v) is 8.31. The third kappa shape index (κ3) is 7.11. The van der Waals surface area contributed by atoms with Crippen LogP contribution in [0.5, 0.6) is 0 Å². The SMILES string of the molecule is CC[C@@](OC)(OCC1CC[C@@](C)(O)[C@H](C)O1)C(O)/C=C\[C@H](C)C[C@H](C)CO. The Morgan fingerprint density at radius 3 is 2.52 bits per heavy atom. The van der Waals surface area contributed by atoms with Crippen LogP contribution in [-0.4, -0.2) is 65.3 Å². The Balaban J connectivity index is 2.66. The van der Waals surface area contributed by atoms with Crippen molar-refractivity contribution in [2.45, 2.75) is 90.0 Å². The predicted octanol–water partition coefficient (Wildman–Crippen LogP) is 2.65. The van der Waals surface area contributed by atoms with Gasteiger partial charge < -0.3 is 29.5 Å². The lowest BCUT2D eigenvalue weighted by Crippen LogP contribution is -2.50. The van der Waals surface area contributed by atoms with Crippen LogP contribution in [0, 0.1) is 11.8 Å². The molecule has 0 saturated carbocycles. The highest BCUT2D eigenvalue weighted by Gasteiger charge is 2.40. The zero-order valence-corrected chi connectivity index (χ0v) is 17.9. The molecule has 6 heteroatoms. The normalized spacial score (nSPS) is 32.2. The summed E-state index contributed by atoms with van der Waals surface area (Å²) < 4.78 is 17.5. The summed E-state index contributed by atoms with van der Waals surface area (Å²) >= 11 is 0. The minimum atomic E-state index is -1.13. The Labute approximate surface area is 164 Å². The fourth-order valence-electron chi connectivity index (χ4n) is 3.47. The fourth-order valence-corrected chi connectivity index (χ4v) is 3.47. The van der Waals surface area contributed by atoms with Crippen LogP contribution in [0.25, 0.3) is 0 Å². The van der Waals surface area contributed by atoms with Gasteiger partial charge >= 0.3 is 0 Å². The van der Waals surface area contributed by atoms with Crippen LogP contribution in [0.1, 0.15) is 60.3 Å². The Hall–Kier alpha value is -0.500. The molecule has 0 spiro atoms. The largest absolute Gasteiger partial charge is 0.396 e. The van der Waals surface area contributed by atoms with Gasteiger partial charge in [0, 0.05) is 20.1 Å². The minimum absolute atomic E-state index is 0.137. The average Bonchev–Trinajstić information content (AvgIpc) is 2.64. The summed E-state index contributed by atoms with van der Waals surface area (Å²) in [5.41, 5.74) is -0.816. The quantitative estimate of drug-likeness (QED) is 0.372. The average molecular weight is 389 g/mol. The summed E-state index contributed by atoms with van der Waals surface area (Å²) in [6, 6.07) is 0. The smallest absolute Gasteiger partial charge is 0.197 e. The summed E-state index contributed by atoms with van der Waals surface area (Å²) in [6.07, 6.45) is 5.02. The maximum Gasteiger partial charge on any atom is 0.197 e. The molecule has 1 aliphatic rings. The monoisotopic (exact) mass is 388 g/mol. The van der Waals surface area contributed by atoms with Crippen LogP contribution < -0.4 is 0 Å². The second kappa shape index (κ2) is 10.9. The standard InChI is InChI=1S/C21H40O6/c1-7-21(25-6,19(23)9-8-15(2)12-16(3)13-22)26-14-18-10-11-20(5,24)17(4)27-18/h8-9,15-19,22-24H,7,10-14H2,1-6H3/b9-8-/t15-,16-,17-,18?,19?,20+,21+/m0/s1. The lowest BCUT2D eigenvalue weighted by atomic mass is 9.89. The van der Waals surface area contributed by atoms with E-state index in [4.69, 9.17) is 14.2 Å². The summed E-state index contributed by atoms with van der Waals surface area (Å²) in [5, 5.41) is 30.1. The molecular weight excluding hydrogens is 348 g/mol. The van der Waals surface area contributed by atoms with Gasteiger partial charge in [0.05, 0.1) is 24.4 Å². The maximum atomic E-state index is 10.7. The van der Waals surface area contributed by atoms with Crippen molar-refractivity contribution < 1.29 is 29.5 Å². The van der Waals surface area contributed by atoms with E-state index >= 15 is 0 Å². The molecule has 0 aliphatic carbocycles. The Morgan fingerprint density at radius 2 is 2.00 bits per heavy atom. The molecular formula is C21H40O6. The summed E-state index contributed by atoms with van der Waals surface area (Å²) in [6.45, 7) is 10.1. The number of methoxy groups -OCH3 is 1. The van der Waals surface area contributed by atoms with Crippen LogP contribution in [0.3, 0.4) is 0 Å². The van der Waals surface area contributed by atoms with Gasteiger partial charge in [-0.3, -0.25) is 0 Å². The molecule has 1 heterocycles. The molecule has 2 unspecified atom stereocenters.